The van der Waals surface area contributed by atoms with Crippen LogP contribution < -0.4 is 10.1 Å². The van der Waals surface area contributed by atoms with E-state index in [-0.39, 0.29) is 17.5 Å². The number of nitrogens with zero attached hydrogens (tertiary/aromatic N) is 1. The summed E-state index contributed by atoms with van der Waals surface area (Å²) in [6.45, 7) is 0.462. The van der Waals surface area contributed by atoms with Crippen molar-refractivity contribution in [1.29, 1.82) is 0 Å². The first-order chi connectivity index (χ1) is 12.1. The van der Waals surface area contributed by atoms with Gasteiger partial charge in [-0.25, -0.2) is 9.37 Å². The van der Waals surface area contributed by atoms with Gasteiger partial charge in [0.25, 0.3) is 5.91 Å². The van der Waals surface area contributed by atoms with Crippen molar-refractivity contribution in [3.63, 3.8) is 0 Å². The molecule has 0 aliphatic heterocycles. The molecule has 1 aliphatic carbocycles. The summed E-state index contributed by atoms with van der Waals surface area (Å²) in [5.41, 5.74) is 1.28. The highest BCUT2D eigenvalue weighted by Crippen LogP contribution is 2.27. The lowest BCUT2D eigenvalue weighted by atomic mass is 10.0. The minimum atomic E-state index is -0.512. The third-order valence-corrected chi connectivity index (χ3v) is 5.55. The molecule has 0 spiro atoms. The Balaban J connectivity index is 1.35. The molecule has 7 heteroatoms. The highest BCUT2D eigenvalue weighted by atomic mass is 35.5. The summed E-state index contributed by atoms with van der Waals surface area (Å²) < 4.78 is 18.3. The molecule has 1 aromatic carbocycles. The van der Waals surface area contributed by atoms with Crippen LogP contribution in [0, 0.1) is 5.82 Å². The van der Waals surface area contributed by atoms with Gasteiger partial charge in [0.2, 0.25) is 0 Å². The van der Waals surface area contributed by atoms with E-state index in [9.17, 15) is 9.18 Å². The maximum atomic E-state index is 13.0. The average Bonchev–Trinajstić information content (AvgIpc) is 3.02. The quantitative estimate of drug-likeness (QED) is 0.738. The van der Waals surface area contributed by atoms with Gasteiger partial charge in [-0.05, 0) is 44.2 Å². The SMILES string of the molecule is O=C(COc1ccc(F)c(Cl)c1)NCCCc1nc2c(s1)CCCC2. The molecular weight excluding hydrogens is 363 g/mol. The summed E-state index contributed by atoms with van der Waals surface area (Å²) in [6, 6.07) is 4.01. The fraction of sp³-hybridized carbons (Fsp3) is 0.444. The van der Waals surface area contributed by atoms with Gasteiger partial charge in [-0.1, -0.05) is 11.6 Å². The highest BCUT2D eigenvalue weighted by molar-refractivity contribution is 7.11. The Labute approximate surface area is 155 Å². The summed E-state index contributed by atoms with van der Waals surface area (Å²) >= 11 is 7.48. The standard InChI is InChI=1S/C18H20ClFN2O2S/c19-13-10-12(7-8-14(13)20)24-11-17(23)21-9-3-6-18-22-15-4-1-2-5-16(15)25-18/h7-8,10H,1-6,9,11H2,(H,21,23). The molecule has 4 nitrogen and oxygen atoms in total. The molecule has 0 radical (unpaired) electrons. The third kappa shape index (κ3) is 5.16. The number of ether oxygens (including phenoxy) is 1. The van der Waals surface area contributed by atoms with Crippen LogP contribution in [0.25, 0.3) is 0 Å². The van der Waals surface area contributed by atoms with Crippen molar-refractivity contribution < 1.29 is 13.9 Å². The van der Waals surface area contributed by atoms with Crippen LogP contribution >= 0.6 is 22.9 Å². The number of hydrogen-bond acceptors (Lipinski definition) is 4. The molecule has 1 aliphatic rings. The fourth-order valence-electron chi connectivity index (χ4n) is 2.75. The van der Waals surface area contributed by atoms with E-state index in [2.05, 4.69) is 5.32 Å². The molecule has 0 fully saturated rings. The summed E-state index contributed by atoms with van der Waals surface area (Å²) in [5, 5.41) is 3.96. The topological polar surface area (TPSA) is 51.2 Å². The van der Waals surface area contributed by atoms with E-state index in [0.29, 0.717) is 12.3 Å². The third-order valence-electron chi connectivity index (χ3n) is 4.04. The lowest BCUT2D eigenvalue weighted by Crippen LogP contribution is -2.29. The van der Waals surface area contributed by atoms with Gasteiger partial charge in [-0.15, -0.1) is 11.3 Å². The molecule has 25 heavy (non-hydrogen) atoms. The van der Waals surface area contributed by atoms with E-state index in [1.165, 1.54) is 46.6 Å². The summed E-state index contributed by atoms with van der Waals surface area (Å²) in [6.07, 6.45) is 6.50. The van der Waals surface area contributed by atoms with Crippen molar-refractivity contribution in [2.24, 2.45) is 0 Å². The minimum Gasteiger partial charge on any atom is -0.484 e. The second-order valence-corrected chi connectivity index (χ2v) is 7.58. The van der Waals surface area contributed by atoms with Crippen molar-refractivity contribution in [1.82, 2.24) is 10.3 Å². The fourth-order valence-corrected chi connectivity index (χ4v) is 4.12. The second kappa shape index (κ2) is 8.63. The van der Waals surface area contributed by atoms with Gasteiger partial charge in [0.15, 0.2) is 6.61 Å². The van der Waals surface area contributed by atoms with Crippen molar-refractivity contribution in [3.05, 3.63) is 44.6 Å². The minimum absolute atomic E-state index is 0.0240. The normalized spacial score (nSPS) is 13.4. The molecule has 0 saturated heterocycles. The van der Waals surface area contributed by atoms with Crippen LogP contribution in [0.2, 0.25) is 5.02 Å². The zero-order valence-electron chi connectivity index (χ0n) is 13.8. The van der Waals surface area contributed by atoms with Gasteiger partial charge in [0.1, 0.15) is 11.6 Å². The molecule has 0 atom stereocenters. The van der Waals surface area contributed by atoms with Crippen LogP contribution in [0.4, 0.5) is 4.39 Å². The zero-order chi connectivity index (χ0) is 17.6. The van der Waals surface area contributed by atoms with E-state index in [4.69, 9.17) is 21.3 Å². The molecule has 134 valence electrons. The van der Waals surface area contributed by atoms with E-state index < -0.39 is 5.82 Å². The number of halogens is 2. The van der Waals surface area contributed by atoms with E-state index in [0.717, 1.165) is 25.7 Å². The molecule has 1 heterocycles. The number of carbonyl (C=O) groups excluding carboxylic acids is 1. The maximum Gasteiger partial charge on any atom is 0.257 e. The predicted octanol–water partition coefficient (Wildman–Crippen LogP) is 3.94. The Morgan fingerprint density at radius 2 is 2.20 bits per heavy atom. The van der Waals surface area contributed by atoms with Gasteiger partial charge >= 0.3 is 0 Å². The first-order valence-corrected chi connectivity index (χ1v) is 9.63. The summed E-state index contributed by atoms with van der Waals surface area (Å²) in [4.78, 5) is 17.9. The molecule has 1 N–H and O–H groups in total. The van der Waals surface area contributed by atoms with Crippen molar-refractivity contribution >= 4 is 28.8 Å². The summed E-state index contributed by atoms with van der Waals surface area (Å²) in [5.74, 6) is -0.351. The Bertz CT molecular complexity index is 727. The van der Waals surface area contributed by atoms with Gasteiger partial charge in [-0.3, -0.25) is 4.79 Å². The van der Waals surface area contributed by atoms with Crippen LogP contribution in [0.5, 0.6) is 5.75 Å². The number of nitrogens with one attached hydrogen (secondary N) is 1. The smallest absolute Gasteiger partial charge is 0.257 e. The van der Waals surface area contributed by atoms with Gasteiger partial charge in [0, 0.05) is 23.9 Å². The molecule has 0 unspecified atom stereocenters. The van der Waals surface area contributed by atoms with Crippen molar-refractivity contribution in [2.75, 3.05) is 13.2 Å². The number of thiazole rings is 1. The molecule has 2 aromatic rings. The number of rotatable bonds is 7. The molecule has 0 bridgehead atoms. The number of aryl methyl sites for hydroxylation is 3. The second-order valence-electron chi connectivity index (χ2n) is 6.00. The lowest BCUT2D eigenvalue weighted by Gasteiger charge is -2.07. The van der Waals surface area contributed by atoms with Crippen LogP contribution in [0.1, 0.15) is 34.8 Å². The molecule has 1 aromatic heterocycles. The zero-order valence-corrected chi connectivity index (χ0v) is 15.4. The first kappa shape index (κ1) is 18.1. The number of amides is 1. The van der Waals surface area contributed by atoms with E-state index >= 15 is 0 Å². The summed E-state index contributed by atoms with van der Waals surface area (Å²) in [7, 11) is 0. The van der Waals surface area contributed by atoms with Crippen LogP contribution in [-0.4, -0.2) is 24.0 Å². The predicted molar refractivity (Wildman–Crippen MR) is 97.0 cm³/mol. The molecule has 1 amide bonds. The molecule has 3 rings (SSSR count). The number of fused-ring (bicyclic) bond motifs is 1. The Morgan fingerprint density at radius 3 is 3.00 bits per heavy atom. The van der Waals surface area contributed by atoms with Crippen LogP contribution in [-0.2, 0) is 24.1 Å². The van der Waals surface area contributed by atoms with Gasteiger partial charge in [-0.2, -0.15) is 0 Å². The largest absolute Gasteiger partial charge is 0.484 e. The Morgan fingerprint density at radius 1 is 1.36 bits per heavy atom. The van der Waals surface area contributed by atoms with Crippen LogP contribution in [0.3, 0.4) is 0 Å². The number of carbonyl (C=O) groups is 1. The number of aromatic nitrogens is 1. The monoisotopic (exact) mass is 382 g/mol. The van der Waals surface area contributed by atoms with Crippen molar-refractivity contribution in [2.45, 2.75) is 38.5 Å². The van der Waals surface area contributed by atoms with Crippen molar-refractivity contribution in [3.8, 4) is 5.75 Å². The highest BCUT2D eigenvalue weighted by Gasteiger charge is 2.14. The molecule has 0 saturated carbocycles. The Kier molecular flexibility index (Phi) is 6.26. The number of hydrogen-bond donors (Lipinski definition) is 1. The van der Waals surface area contributed by atoms with Gasteiger partial charge in [0.05, 0.1) is 15.7 Å². The Hall–Kier alpha value is -1.66. The van der Waals surface area contributed by atoms with E-state index in [1.807, 2.05) is 11.3 Å². The molecular formula is C18H20ClFN2O2S. The lowest BCUT2D eigenvalue weighted by molar-refractivity contribution is -0.123. The van der Waals surface area contributed by atoms with Gasteiger partial charge < -0.3 is 10.1 Å². The average molecular weight is 383 g/mol. The van der Waals surface area contributed by atoms with E-state index in [1.54, 1.807) is 0 Å². The number of benzene rings is 1. The van der Waals surface area contributed by atoms with Crippen LogP contribution in [0.15, 0.2) is 18.2 Å². The first-order valence-electron chi connectivity index (χ1n) is 8.44. The maximum absolute atomic E-state index is 13.0.